The van der Waals surface area contributed by atoms with E-state index in [4.69, 9.17) is 0 Å². The fourth-order valence-electron chi connectivity index (χ4n) is 2.74. The van der Waals surface area contributed by atoms with Crippen molar-refractivity contribution in [1.29, 1.82) is 0 Å². The second-order valence-electron chi connectivity index (χ2n) is 5.93. The molecular weight excluding hydrogens is 325 g/mol. The van der Waals surface area contributed by atoms with E-state index in [-0.39, 0.29) is 35.2 Å². The molecule has 0 aliphatic heterocycles. The lowest BCUT2D eigenvalue weighted by atomic mass is 10.1. The number of rotatable bonds is 4. The molecule has 6 nitrogen and oxygen atoms in total. The van der Waals surface area contributed by atoms with E-state index < -0.39 is 11.2 Å². The first-order chi connectivity index (χ1) is 11.9. The summed E-state index contributed by atoms with van der Waals surface area (Å²) < 4.78 is 15.1. The fourth-order valence-corrected chi connectivity index (χ4v) is 2.74. The summed E-state index contributed by atoms with van der Waals surface area (Å²) in [4.78, 5) is 27.7. The lowest BCUT2D eigenvalue weighted by molar-refractivity contribution is -0.116. The predicted molar refractivity (Wildman–Crippen MR) is 90.6 cm³/mol. The average molecular weight is 341 g/mol. The summed E-state index contributed by atoms with van der Waals surface area (Å²) in [6.45, 7) is 3.16. The van der Waals surface area contributed by atoms with Crippen LogP contribution in [0, 0.1) is 12.7 Å². The first-order valence-electron chi connectivity index (χ1n) is 7.72. The van der Waals surface area contributed by atoms with Crippen LogP contribution in [0.25, 0.3) is 22.7 Å². The summed E-state index contributed by atoms with van der Waals surface area (Å²) in [5, 5.41) is 14.3. The van der Waals surface area contributed by atoms with Crippen LogP contribution in [0.2, 0.25) is 0 Å². The molecular formula is C18H16FN3O3. The molecule has 0 saturated carbocycles. The summed E-state index contributed by atoms with van der Waals surface area (Å²) in [5.41, 5.74) is 1.28. The molecule has 0 aliphatic rings. The van der Waals surface area contributed by atoms with Gasteiger partial charge in [-0.2, -0.15) is 5.10 Å². The molecule has 0 amide bonds. The first kappa shape index (κ1) is 16.8. The monoisotopic (exact) mass is 341 g/mol. The molecule has 3 aromatic rings. The Kier molecular flexibility index (Phi) is 4.31. The summed E-state index contributed by atoms with van der Waals surface area (Å²) >= 11 is 0. The maximum absolute atomic E-state index is 13.7. The zero-order valence-electron chi connectivity index (χ0n) is 13.8. The lowest BCUT2D eigenvalue weighted by Gasteiger charge is -2.07. The molecule has 7 heteroatoms. The summed E-state index contributed by atoms with van der Waals surface area (Å²) in [6, 6.07) is 5.71. The maximum atomic E-state index is 13.7. The topological polar surface area (TPSA) is 84.6 Å². The van der Waals surface area contributed by atoms with E-state index >= 15 is 0 Å². The molecule has 0 atom stereocenters. The third kappa shape index (κ3) is 3.26. The molecule has 1 N–H and O–H groups in total. The number of pyridine rings is 1. The number of carbonyl (C=O) groups excluding carboxylic acids is 1. The molecule has 0 unspecified atom stereocenters. The van der Waals surface area contributed by atoms with Gasteiger partial charge in [0.05, 0.1) is 5.69 Å². The van der Waals surface area contributed by atoms with Crippen molar-refractivity contribution >= 4 is 17.2 Å². The zero-order valence-corrected chi connectivity index (χ0v) is 13.8. The third-order valence-corrected chi connectivity index (χ3v) is 3.85. The number of carbonyl (C=O) groups is 1. The standard InChI is InChI=1S/C18H16FN3O3/c1-10-5-12(7-13(19)6-10)14-8-16(25)17(15(24)4-3-11(2)23)18-20-9-21-22(14)18/h5-9,24H,3-4H2,1-2H3/b17-15-. The van der Waals surface area contributed by atoms with Crippen LogP contribution < -0.4 is 10.6 Å². The Labute approximate surface area is 142 Å². The van der Waals surface area contributed by atoms with Gasteiger partial charge in [0.2, 0.25) is 0 Å². The van der Waals surface area contributed by atoms with Gasteiger partial charge in [0.25, 0.3) is 0 Å². The summed E-state index contributed by atoms with van der Waals surface area (Å²) in [5.74, 6) is -0.723. The van der Waals surface area contributed by atoms with Crippen molar-refractivity contribution in [2.24, 2.45) is 0 Å². The van der Waals surface area contributed by atoms with Crippen molar-refractivity contribution < 1.29 is 14.3 Å². The van der Waals surface area contributed by atoms with Crippen LogP contribution in [0.3, 0.4) is 0 Å². The summed E-state index contributed by atoms with van der Waals surface area (Å²) in [6.07, 6.45) is 1.42. The van der Waals surface area contributed by atoms with Crippen molar-refractivity contribution in [3.63, 3.8) is 0 Å². The lowest BCUT2D eigenvalue weighted by Crippen LogP contribution is -2.30. The molecule has 0 aliphatic carbocycles. The quantitative estimate of drug-likeness (QED) is 0.784. The first-order valence-corrected chi connectivity index (χ1v) is 7.72. The van der Waals surface area contributed by atoms with Gasteiger partial charge in [0.1, 0.15) is 28.9 Å². The van der Waals surface area contributed by atoms with E-state index in [0.29, 0.717) is 16.8 Å². The molecule has 0 radical (unpaired) electrons. The van der Waals surface area contributed by atoms with E-state index in [2.05, 4.69) is 10.1 Å². The molecule has 1 aromatic carbocycles. The van der Waals surface area contributed by atoms with E-state index in [9.17, 15) is 19.1 Å². The number of ketones is 1. The van der Waals surface area contributed by atoms with Crippen LogP contribution in [0.5, 0.6) is 0 Å². The molecule has 2 heterocycles. The van der Waals surface area contributed by atoms with Gasteiger partial charge in [0, 0.05) is 24.5 Å². The SMILES string of the molecule is CC(=O)CC/C(O)=c1\c(=O)cc(-c2cc(C)cc(F)c2)n2ncnc12. The van der Waals surface area contributed by atoms with Gasteiger partial charge >= 0.3 is 0 Å². The van der Waals surface area contributed by atoms with Crippen molar-refractivity contribution in [1.82, 2.24) is 14.6 Å². The summed E-state index contributed by atoms with van der Waals surface area (Å²) in [7, 11) is 0. The van der Waals surface area contributed by atoms with Gasteiger partial charge in [0.15, 0.2) is 11.1 Å². The maximum Gasteiger partial charge on any atom is 0.195 e. The number of nitrogens with zero attached hydrogens (tertiary/aromatic N) is 3. The van der Waals surface area contributed by atoms with Crippen LogP contribution in [-0.4, -0.2) is 25.5 Å². The Hall–Kier alpha value is -3.09. The van der Waals surface area contributed by atoms with Crippen molar-refractivity contribution in [3.05, 3.63) is 57.4 Å². The highest BCUT2D eigenvalue weighted by atomic mass is 19.1. The highest BCUT2D eigenvalue weighted by molar-refractivity contribution is 5.76. The minimum atomic E-state index is -0.460. The third-order valence-electron chi connectivity index (χ3n) is 3.85. The second kappa shape index (κ2) is 6.43. The molecule has 128 valence electrons. The molecule has 0 spiro atoms. The number of hydrogen-bond acceptors (Lipinski definition) is 5. The number of aliphatic hydroxyl groups excluding tert-OH is 1. The van der Waals surface area contributed by atoms with E-state index in [0.717, 1.165) is 0 Å². The van der Waals surface area contributed by atoms with Crippen LogP contribution >= 0.6 is 0 Å². The fraction of sp³-hybridized carbons (Fsp3) is 0.222. The van der Waals surface area contributed by atoms with Gasteiger partial charge in [-0.15, -0.1) is 0 Å². The number of aliphatic hydroxyl groups is 1. The molecule has 0 fully saturated rings. The molecule has 3 rings (SSSR count). The Bertz CT molecular complexity index is 1070. The average Bonchev–Trinajstić information content (AvgIpc) is 2.99. The van der Waals surface area contributed by atoms with Gasteiger partial charge < -0.3 is 9.90 Å². The Morgan fingerprint density at radius 1 is 1.24 bits per heavy atom. The Balaban J connectivity index is 2.28. The molecule has 0 bridgehead atoms. The van der Waals surface area contributed by atoms with Gasteiger partial charge in [-0.1, -0.05) is 0 Å². The van der Waals surface area contributed by atoms with Crippen LogP contribution in [0.15, 0.2) is 35.4 Å². The van der Waals surface area contributed by atoms with E-state index in [1.165, 1.54) is 36.0 Å². The van der Waals surface area contributed by atoms with Crippen LogP contribution in [0.4, 0.5) is 4.39 Å². The normalized spacial score (nSPS) is 12.4. The number of aryl methyl sites for hydroxylation is 1. The molecule has 0 saturated heterocycles. The number of benzene rings is 1. The van der Waals surface area contributed by atoms with Crippen molar-refractivity contribution in [2.75, 3.05) is 0 Å². The Morgan fingerprint density at radius 2 is 2.00 bits per heavy atom. The highest BCUT2D eigenvalue weighted by Crippen LogP contribution is 2.20. The number of fused-ring (bicyclic) bond motifs is 1. The van der Waals surface area contributed by atoms with Crippen molar-refractivity contribution in [3.8, 4) is 11.3 Å². The van der Waals surface area contributed by atoms with Gasteiger partial charge in [-0.3, -0.25) is 4.79 Å². The number of halogens is 1. The number of aromatic nitrogens is 3. The van der Waals surface area contributed by atoms with E-state index in [1.54, 1.807) is 13.0 Å². The minimum absolute atomic E-state index is 0.00984. The molecule has 2 aromatic heterocycles. The molecule has 25 heavy (non-hydrogen) atoms. The number of hydrogen-bond donors (Lipinski definition) is 1. The predicted octanol–water partition coefficient (Wildman–Crippen LogP) is 1.96. The Morgan fingerprint density at radius 3 is 2.68 bits per heavy atom. The van der Waals surface area contributed by atoms with Gasteiger partial charge in [-0.25, -0.2) is 13.9 Å². The number of Topliss-reactive ketones (excluding diaryl/α,β-unsaturated/α-hetero) is 1. The zero-order chi connectivity index (χ0) is 18.1. The minimum Gasteiger partial charge on any atom is -0.511 e. The van der Waals surface area contributed by atoms with Crippen molar-refractivity contribution in [2.45, 2.75) is 26.7 Å². The highest BCUT2D eigenvalue weighted by Gasteiger charge is 2.14. The van der Waals surface area contributed by atoms with E-state index in [1.807, 2.05) is 0 Å². The van der Waals surface area contributed by atoms with Crippen LogP contribution in [-0.2, 0) is 4.79 Å². The second-order valence-corrected chi connectivity index (χ2v) is 5.93. The largest absolute Gasteiger partial charge is 0.511 e. The van der Waals surface area contributed by atoms with Gasteiger partial charge in [-0.05, 0) is 37.6 Å². The smallest absolute Gasteiger partial charge is 0.195 e. The van der Waals surface area contributed by atoms with Crippen LogP contribution in [0.1, 0.15) is 25.3 Å².